The van der Waals surface area contributed by atoms with Crippen molar-refractivity contribution >= 4 is 17.9 Å². The van der Waals surface area contributed by atoms with Gasteiger partial charge < -0.3 is 14.2 Å². The van der Waals surface area contributed by atoms with Crippen molar-refractivity contribution < 1.29 is 28.6 Å². The molecule has 0 aromatic rings. The second kappa shape index (κ2) is 51.7. The minimum Gasteiger partial charge on any atom is -0.462 e. The summed E-state index contributed by atoms with van der Waals surface area (Å²) in [5.41, 5.74) is 0. The van der Waals surface area contributed by atoms with Crippen LogP contribution in [0.1, 0.15) is 265 Å². The molecule has 0 aliphatic rings. The van der Waals surface area contributed by atoms with Crippen molar-refractivity contribution in [2.45, 2.75) is 271 Å². The molecule has 0 spiro atoms. The Hall–Kier alpha value is -2.89. The molecule has 0 aromatic carbocycles. The lowest BCUT2D eigenvalue weighted by Crippen LogP contribution is -2.30. The molecule has 63 heavy (non-hydrogen) atoms. The summed E-state index contributed by atoms with van der Waals surface area (Å²) in [7, 11) is 0. The van der Waals surface area contributed by atoms with Crippen molar-refractivity contribution in [3.63, 3.8) is 0 Å². The van der Waals surface area contributed by atoms with Gasteiger partial charge in [0.05, 0.1) is 0 Å². The SMILES string of the molecule is CC/C=C\C/C=C\C/C=C\CCCCC(=O)OCC(COC(=O)CCCCCCCCCCCCCCCCCCCC)OC(=O)CCCCCCCC/C=C\C=C/CCCCC. The van der Waals surface area contributed by atoms with Crippen molar-refractivity contribution in [1.29, 1.82) is 0 Å². The number of ether oxygens (including phenoxy) is 3. The molecule has 0 saturated heterocycles. The molecule has 1 unspecified atom stereocenters. The summed E-state index contributed by atoms with van der Waals surface area (Å²) >= 11 is 0. The van der Waals surface area contributed by atoms with Crippen LogP contribution >= 0.6 is 0 Å². The van der Waals surface area contributed by atoms with E-state index in [4.69, 9.17) is 14.2 Å². The molecule has 0 aliphatic carbocycles. The highest BCUT2D eigenvalue weighted by Gasteiger charge is 2.19. The van der Waals surface area contributed by atoms with Crippen LogP contribution in [0.2, 0.25) is 0 Å². The summed E-state index contributed by atoms with van der Waals surface area (Å²) in [5, 5.41) is 0. The average molecular weight is 881 g/mol. The molecule has 0 saturated carbocycles. The third-order valence-electron chi connectivity index (χ3n) is 11.5. The highest BCUT2D eigenvalue weighted by molar-refractivity contribution is 5.71. The fraction of sp³-hybridized carbons (Fsp3) is 0.772. The van der Waals surface area contributed by atoms with Crippen molar-refractivity contribution in [2.24, 2.45) is 0 Å². The van der Waals surface area contributed by atoms with Gasteiger partial charge in [-0.15, -0.1) is 0 Å². The molecule has 6 heteroatoms. The van der Waals surface area contributed by atoms with Crippen LogP contribution in [0.5, 0.6) is 0 Å². The standard InChI is InChI=1S/C57H100O6/c1-4-7-10-13-16-19-22-25-27-28-29-31-32-35-38-41-44-47-50-56(59)62-53-54(52-61-55(58)49-46-43-40-37-34-24-21-18-15-12-9-6-3)63-57(60)51-48-45-42-39-36-33-30-26-23-20-17-14-11-8-5-2/h9,12,17-18,20-21,23,26,34,37,54H,4-8,10-11,13-16,19,22,24-25,27-33,35-36,38-53H2,1-3H3/b12-9-,20-17-,21-18-,26-23-,37-34-. The average Bonchev–Trinajstić information content (AvgIpc) is 3.28. The van der Waals surface area contributed by atoms with Crippen molar-refractivity contribution in [2.75, 3.05) is 13.2 Å². The smallest absolute Gasteiger partial charge is 0.306 e. The van der Waals surface area contributed by atoms with Gasteiger partial charge >= 0.3 is 17.9 Å². The normalized spacial score (nSPS) is 12.5. The number of carbonyl (C=O) groups is 3. The summed E-state index contributed by atoms with van der Waals surface area (Å²) in [5.74, 6) is -0.935. The molecule has 0 aromatic heterocycles. The number of hydrogen-bond acceptors (Lipinski definition) is 6. The molecule has 0 aliphatic heterocycles. The number of hydrogen-bond donors (Lipinski definition) is 0. The van der Waals surface area contributed by atoms with E-state index in [1.54, 1.807) is 0 Å². The van der Waals surface area contributed by atoms with E-state index >= 15 is 0 Å². The Kier molecular flexibility index (Phi) is 49.4. The molecule has 0 fully saturated rings. The number of esters is 3. The largest absolute Gasteiger partial charge is 0.462 e. The van der Waals surface area contributed by atoms with Crippen LogP contribution < -0.4 is 0 Å². The second-order valence-corrected chi connectivity index (χ2v) is 17.8. The van der Waals surface area contributed by atoms with Gasteiger partial charge in [0.2, 0.25) is 0 Å². The lowest BCUT2D eigenvalue weighted by molar-refractivity contribution is -0.167. The first-order chi connectivity index (χ1) is 31.0. The Balaban J connectivity index is 4.38. The Bertz CT molecular complexity index is 1150. The minimum atomic E-state index is -0.793. The molecular formula is C57H100O6. The van der Waals surface area contributed by atoms with Crippen molar-refractivity contribution in [3.8, 4) is 0 Å². The Labute approximate surface area is 390 Å². The van der Waals surface area contributed by atoms with Crippen LogP contribution in [0.3, 0.4) is 0 Å². The van der Waals surface area contributed by atoms with Gasteiger partial charge in [0.15, 0.2) is 6.10 Å². The fourth-order valence-electron chi connectivity index (χ4n) is 7.51. The Morgan fingerprint density at radius 1 is 0.349 bits per heavy atom. The Morgan fingerprint density at radius 3 is 1.13 bits per heavy atom. The molecular weight excluding hydrogens is 781 g/mol. The predicted molar refractivity (Wildman–Crippen MR) is 270 cm³/mol. The third kappa shape index (κ3) is 50.0. The van der Waals surface area contributed by atoms with Gasteiger partial charge in [0, 0.05) is 19.3 Å². The zero-order chi connectivity index (χ0) is 45.8. The van der Waals surface area contributed by atoms with E-state index in [2.05, 4.69) is 81.5 Å². The first-order valence-corrected chi connectivity index (χ1v) is 26.8. The van der Waals surface area contributed by atoms with Gasteiger partial charge in [-0.1, -0.05) is 229 Å². The summed E-state index contributed by atoms with van der Waals surface area (Å²) in [6.07, 6.45) is 63.5. The fourth-order valence-corrected chi connectivity index (χ4v) is 7.51. The summed E-state index contributed by atoms with van der Waals surface area (Å²) < 4.78 is 16.8. The molecule has 0 N–H and O–H groups in total. The second-order valence-electron chi connectivity index (χ2n) is 17.8. The monoisotopic (exact) mass is 881 g/mol. The lowest BCUT2D eigenvalue weighted by atomic mass is 10.0. The maximum absolute atomic E-state index is 12.8. The van der Waals surface area contributed by atoms with Gasteiger partial charge in [-0.25, -0.2) is 0 Å². The summed E-state index contributed by atoms with van der Waals surface area (Å²) in [6, 6.07) is 0. The van der Waals surface area contributed by atoms with E-state index in [0.29, 0.717) is 19.3 Å². The third-order valence-corrected chi connectivity index (χ3v) is 11.5. The van der Waals surface area contributed by atoms with Crippen molar-refractivity contribution in [3.05, 3.63) is 60.8 Å². The molecule has 0 amide bonds. The van der Waals surface area contributed by atoms with Crippen LogP contribution in [0.4, 0.5) is 0 Å². The summed E-state index contributed by atoms with van der Waals surface area (Å²) in [6.45, 7) is 6.47. The van der Waals surface area contributed by atoms with Crippen LogP contribution in [0.15, 0.2) is 60.8 Å². The van der Waals surface area contributed by atoms with Crippen LogP contribution in [-0.4, -0.2) is 37.2 Å². The minimum absolute atomic E-state index is 0.0892. The first kappa shape index (κ1) is 60.1. The zero-order valence-corrected chi connectivity index (χ0v) is 41.6. The number of allylic oxidation sites excluding steroid dienone is 10. The number of rotatable bonds is 48. The van der Waals surface area contributed by atoms with Gasteiger partial charge in [-0.2, -0.15) is 0 Å². The topological polar surface area (TPSA) is 78.9 Å². The highest BCUT2D eigenvalue weighted by Crippen LogP contribution is 2.16. The lowest BCUT2D eigenvalue weighted by Gasteiger charge is -2.18. The van der Waals surface area contributed by atoms with E-state index < -0.39 is 6.10 Å². The Morgan fingerprint density at radius 2 is 0.667 bits per heavy atom. The zero-order valence-electron chi connectivity index (χ0n) is 41.6. The molecule has 364 valence electrons. The molecule has 0 radical (unpaired) electrons. The van der Waals surface area contributed by atoms with E-state index in [1.807, 2.05) is 0 Å². The highest BCUT2D eigenvalue weighted by atomic mass is 16.6. The van der Waals surface area contributed by atoms with E-state index in [-0.39, 0.29) is 31.1 Å². The van der Waals surface area contributed by atoms with Crippen LogP contribution in [0.25, 0.3) is 0 Å². The van der Waals surface area contributed by atoms with Gasteiger partial charge in [0.1, 0.15) is 13.2 Å². The van der Waals surface area contributed by atoms with E-state index in [1.165, 1.54) is 135 Å². The summed E-state index contributed by atoms with van der Waals surface area (Å²) in [4.78, 5) is 38.0. The maximum Gasteiger partial charge on any atom is 0.306 e. The van der Waals surface area contributed by atoms with Crippen LogP contribution in [-0.2, 0) is 28.6 Å². The first-order valence-electron chi connectivity index (χ1n) is 26.8. The molecule has 0 bridgehead atoms. The van der Waals surface area contributed by atoms with Crippen LogP contribution in [0, 0.1) is 0 Å². The van der Waals surface area contributed by atoms with Gasteiger partial charge in [0.25, 0.3) is 0 Å². The molecule has 6 nitrogen and oxygen atoms in total. The molecule has 0 heterocycles. The van der Waals surface area contributed by atoms with Gasteiger partial charge in [-0.3, -0.25) is 14.4 Å². The molecule has 1 atom stereocenters. The van der Waals surface area contributed by atoms with Gasteiger partial charge in [-0.05, 0) is 77.0 Å². The van der Waals surface area contributed by atoms with E-state index in [9.17, 15) is 14.4 Å². The van der Waals surface area contributed by atoms with E-state index in [0.717, 1.165) is 89.9 Å². The number of carbonyl (C=O) groups excluding carboxylic acids is 3. The number of unbranched alkanes of at least 4 members (excludes halogenated alkanes) is 28. The molecule has 0 rings (SSSR count). The predicted octanol–water partition coefficient (Wildman–Crippen LogP) is 17.6. The maximum atomic E-state index is 12.8. The quantitative estimate of drug-likeness (QED) is 0.0199. The van der Waals surface area contributed by atoms with Crippen molar-refractivity contribution in [1.82, 2.24) is 0 Å².